The first-order valence-corrected chi connectivity index (χ1v) is 11.8. The Balaban J connectivity index is 2.18. The molecule has 1 N–H and O–H groups in total. The van der Waals surface area contributed by atoms with Gasteiger partial charge in [0.05, 0.1) is 27.8 Å². The summed E-state index contributed by atoms with van der Waals surface area (Å²) >= 11 is 3.23. The van der Waals surface area contributed by atoms with E-state index in [1.54, 1.807) is 24.3 Å². The first kappa shape index (κ1) is 21.5. The smallest absolute Gasteiger partial charge is 0.243 e. The molecule has 0 saturated carbocycles. The Morgan fingerprint density at radius 1 is 1.04 bits per heavy atom. The highest BCUT2D eigenvalue weighted by Crippen LogP contribution is 2.22. The molecule has 2 aromatic carbocycles. The second kappa shape index (κ2) is 8.51. The number of amides is 1. The van der Waals surface area contributed by atoms with Crippen LogP contribution < -0.4 is 5.32 Å². The van der Waals surface area contributed by atoms with E-state index in [4.69, 9.17) is 0 Å². The summed E-state index contributed by atoms with van der Waals surface area (Å²) in [5.41, 5.74) is 0.124. The van der Waals surface area contributed by atoms with Gasteiger partial charge in [-0.2, -0.15) is 4.31 Å². The maximum absolute atomic E-state index is 12.5. The number of hydrogen-bond acceptors (Lipinski definition) is 5. The van der Waals surface area contributed by atoms with Crippen molar-refractivity contribution in [1.82, 2.24) is 4.31 Å². The number of benzene rings is 2. The quantitative estimate of drug-likeness (QED) is 0.664. The molecular formula is C17H19BrN2O5S2. The van der Waals surface area contributed by atoms with Crippen molar-refractivity contribution in [2.45, 2.75) is 16.7 Å². The maximum Gasteiger partial charge on any atom is 0.243 e. The van der Waals surface area contributed by atoms with Gasteiger partial charge in [-0.25, -0.2) is 16.8 Å². The number of anilines is 1. The van der Waals surface area contributed by atoms with Crippen molar-refractivity contribution >= 4 is 47.4 Å². The molecule has 0 saturated heterocycles. The van der Waals surface area contributed by atoms with Gasteiger partial charge in [-0.1, -0.05) is 35.0 Å². The Hall–Kier alpha value is -1.75. The Bertz CT molecular complexity index is 1040. The van der Waals surface area contributed by atoms with E-state index in [0.29, 0.717) is 0 Å². The van der Waals surface area contributed by atoms with Gasteiger partial charge >= 0.3 is 0 Å². The molecule has 2 aromatic rings. The molecule has 0 aliphatic rings. The van der Waals surface area contributed by atoms with Crippen LogP contribution in [0, 0.1) is 0 Å². The summed E-state index contributed by atoms with van der Waals surface area (Å²) in [6.45, 7) is 1.05. The van der Waals surface area contributed by atoms with Gasteiger partial charge in [-0.3, -0.25) is 4.79 Å². The highest BCUT2D eigenvalue weighted by Gasteiger charge is 2.24. The van der Waals surface area contributed by atoms with Crippen LogP contribution in [-0.2, 0) is 24.7 Å². The predicted molar refractivity (Wildman–Crippen MR) is 107 cm³/mol. The molecule has 0 bridgehead atoms. The molecule has 7 nitrogen and oxygen atoms in total. The van der Waals surface area contributed by atoms with Gasteiger partial charge in [-0.15, -0.1) is 0 Å². The molecule has 0 spiro atoms. The number of likely N-dealkylation sites (N-methyl/N-ethyl adjacent to an activating group) is 1. The molecule has 0 heterocycles. The normalized spacial score (nSPS) is 12.1. The number of rotatable bonds is 7. The second-order valence-corrected chi connectivity index (χ2v) is 10.9. The first-order chi connectivity index (χ1) is 12.6. The third kappa shape index (κ3) is 5.16. The minimum atomic E-state index is -3.85. The molecule has 1 amide bonds. The highest BCUT2D eigenvalue weighted by atomic mass is 79.9. The van der Waals surface area contributed by atoms with Gasteiger partial charge in [0, 0.05) is 11.5 Å². The first-order valence-electron chi connectivity index (χ1n) is 7.91. The van der Waals surface area contributed by atoms with Crippen LogP contribution in [0.4, 0.5) is 5.69 Å². The molecule has 0 aromatic heterocycles. The van der Waals surface area contributed by atoms with E-state index in [0.717, 1.165) is 8.78 Å². The minimum Gasteiger partial charge on any atom is -0.324 e. The summed E-state index contributed by atoms with van der Waals surface area (Å²) in [4.78, 5) is 12.4. The van der Waals surface area contributed by atoms with E-state index < -0.39 is 32.3 Å². The van der Waals surface area contributed by atoms with Gasteiger partial charge in [0.25, 0.3) is 0 Å². The largest absolute Gasteiger partial charge is 0.324 e. The van der Waals surface area contributed by atoms with Gasteiger partial charge in [-0.05, 0) is 36.4 Å². The number of carbonyl (C=O) groups excluding carboxylic acids is 1. The number of nitrogens with zero attached hydrogens (tertiary/aromatic N) is 1. The van der Waals surface area contributed by atoms with E-state index in [2.05, 4.69) is 21.2 Å². The van der Waals surface area contributed by atoms with Gasteiger partial charge in [0.15, 0.2) is 9.84 Å². The average molecular weight is 475 g/mol. The lowest BCUT2D eigenvalue weighted by atomic mass is 10.3. The number of carbonyl (C=O) groups is 1. The van der Waals surface area contributed by atoms with Crippen LogP contribution in [0.25, 0.3) is 0 Å². The average Bonchev–Trinajstić information content (AvgIpc) is 2.62. The molecule has 146 valence electrons. The van der Waals surface area contributed by atoms with Crippen molar-refractivity contribution in [2.75, 3.05) is 24.7 Å². The lowest BCUT2D eigenvalue weighted by molar-refractivity contribution is -0.116. The fourth-order valence-corrected chi connectivity index (χ4v) is 4.70. The number of para-hydroxylation sites is 1. The zero-order chi connectivity index (χ0) is 20.2. The van der Waals surface area contributed by atoms with E-state index in [-0.39, 0.29) is 21.2 Å². The number of sulfonamides is 1. The van der Waals surface area contributed by atoms with Crippen LogP contribution in [0.3, 0.4) is 0 Å². The van der Waals surface area contributed by atoms with Gasteiger partial charge < -0.3 is 5.32 Å². The van der Waals surface area contributed by atoms with Crippen molar-refractivity contribution in [2.24, 2.45) is 0 Å². The topological polar surface area (TPSA) is 101 Å². The third-order valence-corrected chi connectivity index (χ3v) is 7.90. The van der Waals surface area contributed by atoms with E-state index in [1.165, 1.54) is 38.2 Å². The molecule has 0 fully saturated rings. The molecule has 0 radical (unpaired) electrons. The van der Waals surface area contributed by atoms with E-state index in [1.807, 2.05) is 0 Å². The Kier molecular flexibility index (Phi) is 6.79. The van der Waals surface area contributed by atoms with Gasteiger partial charge in [0.2, 0.25) is 15.9 Å². The number of nitrogens with one attached hydrogen (secondary N) is 1. The van der Waals surface area contributed by atoms with Gasteiger partial charge in [0.1, 0.15) is 0 Å². The number of hydrogen-bond donors (Lipinski definition) is 1. The zero-order valence-corrected chi connectivity index (χ0v) is 17.9. The lowest BCUT2D eigenvalue weighted by Crippen LogP contribution is -2.35. The Labute approximate surface area is 167 Å². The van der Waals surface area contributed by atoms with E-state index >= 15 is 0 Å². The standard InChI is InChI=1S/C17H19BrN2O5S2/c1-3-26(22,23)16-7-5-4-6-15(16)19-17(21)12-20(2)27(24,25)14-10-8-13(18)9-11-14/h4-11H,3,12H2,1-2H3,(H,19,21). The fraction of sp³-hybridized carbons (Fsp3) is 0.235. The summed E-state index contributed by atoms with van der Waals surface area (Å²) in [7, 11) is -6.10. The molecule has 0 aliphatic carbocycles. The lowest BCUT2D eigenvalue weighted by Gasteiger charge is -2.17. The van der Waals surface area contributed by atoms with Crippen molar-refractivity contribution in [3.8, 4) is 0 Å². The molecule has 27 heavy (non-hydrogen) atoms. The van der Waals surface area contributed by atoms with Crippen LogP contribution in [0.1, 0.15) is 6.92 Å². The number of sulfone groups is 1. The zero-order valence-electron chi connectivity index (χ0n) is 14.7. The summed E-state index contributed by atoms with van der Waals surface area (Å²) in [6.07, 6.45) is 0. The van der Waals surface area contributed by atoms with Crippen LogP contribution in [-0.4, -0.2) is 46.4 Å². The number of halogens is 1. The molecule has 0 aliphatic heterocycles. The summed E-state index contributed by atoms with van der Waals surface area (Å²) in [6, 6.07) is 12.0. The Morgan fingerprint density at radius 3 is 2.22 bits per heavy atom. The Morgan fingerprint density at radius 2 is 1.63 bits per heavy atom. The van der Waals surface area contributed by atoms with Crippen LogP contribution in [0.5, 0.6) is 0 Å². The maximum atomic E-state index is 12.5. The molecule has 2 rings (SSSR count). The molecule has 0 unspecified atom stereocenters. The fourth-order valence-electron chi connectivity index (χ4n) is 2.26. The van der Waals surface area contributed by atoms with Crippen molar-refractivity contribution < 1.29 is 21.6 Å². The summed E-state index contributed by atoms with van der Waals surface area (Å²) in [5.74, 6) is -0.755. The van der Waals surface area contributed by atoms with E-state index in [9.17, 15) is 21.6 Å². The monoisotopic (exact) mass is 474 g/mol. The highest BCUT2D eigenvalue weighted by molar-refractivity contribution is 9.10. The molecular weight excluding hydrogens is 456 g/mol. The minimum absolute atomic E-state index is 0.000676. The van der Waals surface area contributed by atoms with Crippen LogP contribution in [0.2, 0.25) is 0 Å². The van der Waals surface area contributed by atoms with Crippen molar-refractivity contribution in [3.05, 3.63) is 53.0 Å². The molecule has 10 heteroatoms. The third-order valence-electron chi connectivity index (χ3n) is 3.76. The van der Waals surface area contributed by atoms with Crippen LogP contribution in [0.15, 0.2) is 62.8 Å². The SMILES string of the molecule is CCS(=O)(=O)c1ccccc1NC(=O)CN(C)S(=O)(=O)c1ccc(Br)cc1. The molecule has 0 atom stereocenters. The van der Waals surface area contributed by atoms with Crippen LogP contribution >= 0.6 is 15.9 Å². The van der Waals surface area contributed by atoms with Crippen molar-refractivity contribution in [1.29, 1.82) is 0 Å². The summed E-state index contributed by atoms with van der Waals surface area (Å²) < 4.78 is 51.0. The predicted octanol–water partition coefficient (Wildman–Crippen LogP) is 2.50. The van der Waals surface area contributed by atoms with Crippen molar-refractivity contribution in [3.63, 3.8) is 0 Å². The second-order valence-electron chi connectivity index (χ2n) is 5.66. The summed E-state index contributed by atoms with van der Waals surface area (Å²) in [5, 5.41) is 2.48.